The maximum atomic E-state index is 13.6. The quantitative estimate of drug-likeness (QED) is 0.384. The zero-order valence-corrected chi connectivity index (χ0v) is 24.7. The molecule has 1 saturated carbocycles. The average molecular weight is 558 g/mol. The summed E-state index contributed by atoms with van der Waals surface area (Å²) in [5.74, 6) is 0.418. The van der Waals surface area contributed by atoms with Crippen LogP contribution in [0.15, 0.2) is 42.5 Å². The van der Waals surface area contributed by atoms with Crippen LogP contribution in [0, 0.1) is 13.8 Å². The molecule has 0 aliphatic heterocycles. The molecule has 2 amide bonds. The van der Waals surface area contributed by atoms with Crippen LogP contribution in [0.3, 0.4) is 0 Å². The summed E-state index contributed by atoms with van der Waals surface area (Å²) < 4.78 is 31.8. The first-order valence-electron chi connectivity index (χ1n) is 13.8. The molecule has 2 aromatic rings. The molecule has 214 valence electrons. The molecule has 0 spiro atoms. The van der Waals surface area contributed by atoms with Crippen LogP contribution in [0.1, 0.15) is 68.6 Å². The van der Waals surface area contributed by atoms with Gasteiger partial charge in [-0.25, -0.2) is 8.42 Å². The Balaban J connectivity index is 1.77. The molecule has 8 nitrogen and oxygen atoms in total. The molecule has 0 unspecified atom stereocenters. The molecule has 39 heavy (non-hydrogen) atoms. The van der Waals surface area contributed by atoms with Gasteiger partial charge >= 0.3 is 0 Å². The molecule has 3 rings (SSSR count). The van der Waals surface area contributed by atoms with Crippen molar-refractivity contribution in [3.8, 4) is 5.75 Å². The van der Waals surface area contributed by atoms with E-state index in [1.165, 1.54) is 10.6 Å². The van der Waals surface area contributed by atoms with Crippen molar-refractivity contribution in [1.29, 1.82) is 0 Å². The average Bonchev–Trinajstić information content (AvgIpc) is 3.40. The Hall–Kier alpha value is -3.07. The second-order valence-corrected chi connectivity index (χ2v) is 12.4. The number of aryl methyl sites for hydroxylation is 2. The SMILES string of the molecule is CC[C@@H](C(=O)NC1CCCC1)N(Cc1ccc(OC)cc1)C(=O)CCCN(c1ccc(C)c(C)c1)S(C)(=O)=O. The van der Waals surface area contributed by atoms with E-state index >= 15 is 0 Å². The summed E-state index contributed by atoms with van der Waals surface area (Å²) in [5, 5.41) is 3.15. The number of anilines is 1. The van der Waals surface area contributed by atoms with Crippen molar-refractivity contribution in [2.45, 2.75) is 84.3 Å². The number of carbonyl (C=O) groups is 2. The predicted octanol–water partition coefficient (Wildman–Crippen LogP) is 4.72. The Kier molecular flexibility index (Phi) is 10.8. The first kappa shape index (κ1) is 30.5. The third-order valence-corrected chi connectivity index (χ3v) is 8.72. The Bertz CT molecular complexity index is 1220. The predicted molar refractivity (Wildman–Crippen MR) is 155 cm³/mol. The maximum Gasteiger partial charge on any atom is 0.243 e. The number of methoxy groups -OCH3 is 1. The summed E-state index contributed by atoms with van der Waals surface area (Å²) >= 11 is 0. The molecular formula is C30H43N3O5S. The van der Waals surface area contributed by atoms with Crippen LogP contribution in [-0.4, -0.2) is 57.1 Å². The first-order chi connectivity index (χ1) is 18.5. The lowest BCUT2D eigenvalue weighted by Crippen LogP contribution is -2.51. The molecule has 0 saturated heterocycles. The Labute approximate surface area is 233 Å². The fourth-order valence-corrected chi connectivity index (χ4v) is 6.06. The lowest BCUT2D eigenvalue weighted by Gasteiger charge is -2.32. The van der Waals surface area contributed by atoms with Gasteiger partial charge < -0.3 is 15.0 Å². The summed E-state index contributed by atoms with van der Waals surface area (Å²) in [6.07, 6.45) is 6.27. The van der Waals surface area contributed by atoms with Crippen molar-refractivity contribution in [1.82, 2.24) is 10.2 Å². The third kappa shape index (κ3) is 8.46. The second kappa shape index (κ2) is 13.8. The van der Waals surface area contributed by atoms with E-state index in [9.17, 15) is 18.0 Å². The number of nitrogens with zero attached hydrogens (tertiary/aromatic N) is 2. The van der Waals surface area contributed by atoms with Crippen LogP contribution in [-0.2, 0) is 26.2 Å². The molecule has 1 aliphatic carbocycles. The van der Waals surface area contributed by atoms with Crippen LogP contribution >= 0.6 is 0 Å². The van der Waals surface area contributed by atoms with E-state index in [2.05, 4.69) is 5.32 Å². The maximum absolute atomic E-state index is 13.6. The van der Waals surface area contributed by atoms with Gasteiger partial charge in [-0.3, -0.25) is 13.9 Å². The zero-order chi connectivity index (χ0) is 28.6. The van der Waals surface area contributed by atoms with E-state index in [1.807, 2.05) is 57.2 Å². The number of carbonyl (C=O) groups excluding carboxylic acids is 2. The summed E-state index contributed by atoms with van der Waals surface area (Å²) in [4.78, 5) is 28.6. The number of rotatable bonds is 13. The molecule has 0 bridgehead atoms. The smallest absolute Gasteiger partial charge is 0.243 e. The van der Waals surface area contributed by atoms with Gasteiger partial charge in [0.2, 0.25) is 21.8 Å². The topological polar surface area (TPSA) is 96.0 Å². The first-order valence-corrected chi connectivity index (χ1v) is 15.7. The summed E-state index contributed by atoms with van der Waals surface area (Å²) in [5.41, 5.74) is 3.56. The summed E-state index contributed by atoms with van der Waals surface area (Å²) in [6, 6.07) is 12.6. The number of amides is 2. The minimum atomic E-state index is -3.54. The highest BCUT2D eigenvalue weighted by atomic mass is 32.2. The lowest BCUT2D eigenvalue weighted by atomic mass is 10.1. The largest absolute Gasteiger partial charge is 0.497 e. The van der Waals surface area contributed by atoms with Crippen molar-refractivity contribution in [2.24, 2.45) is 0 Å². The van der Waals surface area contributed by atoms with E-state index in [0.29, 0.717) is 18.5 Å². The van der Waals surface area contributed by atoms with Crippen LogP contribution in [0.4, 0.5) is 5.69 Å². The number of hydrogen-bond donors (Lipinski definition) is 1. The van der Waals surface area contributed by atoms with Crippen LogP contribution in [0.25, 0.3) is 0 Å². The summed E-state index contributed by atoms with van der Waals surface area (Å²) in [7, 11) is -1.94. The number of sulfonamides is 1. The third-order valence-electron chi connectivity index (χ3n) is 7.53. The van der Waals surface area contributed by atoms with E-state index in [4.69, 9.17) is 4.74 Å². The molecule has 9 heteroatoms. The monoisotopic (exact) mass is 557 g/mol. The van der Waals surface area contributed by atoms with Crippen LogP contribution in [0.2, 0.25) is 0 Å². The Morgan fingerprint density at radius 3 is 2.28 bits per heavy atom. The molecule has 0 aromatic heterocycles. The highest BCUT2D eigenvalue weighted by Gasteiger charge is 2.30. The van der Waals surface area contributed by atoms with Crippen molar-refractivity contribution < 1.29 is 22.7 Å². The fraction of sp³-hybridized carbons (Fsp3) is 0.533. The fourth-order valence-electron chi connectivity index (χ4n) is 5.10. The van der Waals surface area contributed by atoms with Gasteiger partial charge in [-0.05, 0) is 80.5 Å². The lowest BCUT2D eigenvalue weighted by molar-refractivity contribution is -0.141. The van der Waals surface area contributed by atoms with Gasteiger partial charge in [0, 0.05) is 25.6 Å². The molecule has 1 atom stereocenters. The van der Waals surface area contributed by atoms with Gasteiger partial charge in [0.15, 0.2) is 0 Å². The van der Waals surface area contributed by atoms with E-state index in [-0.39, 0.29) is 37.4 Å². The molecular weight excluding hydrogens is 514 g/mol. The van der Waals surface area contributed by atoms with Crippen molar-refractivity contribution in [3.63, 3.8) is 0 Å². The van der Waals surface area contributed by atoms with Gasteiger partial charge in [0.05, 0.1) is 19.1 Å². The number of benzene rings is 2. The minimum absolute atomic E-state index is 0.125. The highest BCUT2D eigenvalue weighted by molar-refractivity contribution is 7.92. The van der Waals surface area contributed by atoms with Gasteiger partial charge in [0.25, 0.3) is 0 Å². The number of nitrogens with one attached hydrogen (secondary N) is 1. The van der Waals surface area contributed by atoms with Crippen molar-refractivity contribution >= 4 is 27.5 Å². The molecule has 0 heterocycles. The van der Waals surface area contributed by atoms with Gasteiger partial charge in [-0.2, -0.15) is 0 Å². The zero-order valence-electron chi connectivity index (χ0n) is 23.9. The van der Waals surface area contributed by atoms with Gasteiger partial charge in [0.1, 0.15) is 11.8 Å². The van der Waals surface area contributed by atoms with E-state index in [1.54, 1.807) is 18.1 Å². The van der Waals surface area contributed by atoms with E-state index < -0.39 is 16.1 Å². The van der Waals surface area contributed by atoms with Crippen molar-refractivity contribution in [3.05, 3.63) is 59.2 Å². The standard InChI is InChI=1S/C30H43N3O5S/c1-6-28(30(35)31-25-10-7-8-11-25)32(21-24-14-17-27(38-4)18-15-24)29(34)12-9-19-33(39(5,36)37)26-16-13-22(2)23(3)20-26/h13-18,20,25,28H,6-12,19,21H2,1-5H3,(H,31,35)/t28-/m0/s1. The molecule has 1 aliphatic rings. The normalized spacial score (nSPS) is 14.6. The molecule has 1 fully saturated rings. The van der Waals surface area contributed by atoms with E-state index in [0.717, 1.165) is 48.1 Å². The second-order valence-electron chi connectivity index (χ2n) is 10.5. The van der Waals surface area contributed by atoms with Crippen LogP contribution in [0.5, 0.6) is 5.75 Å². The Morgan fingerprint density at radius 2 is 1.72 bits per heavy atom. The minimum Gasteiger partial charge on any atom is -0.497 e. The Morgan fingerprint density at radius 1 is 1.05 bits per heavy atom. The van der Waals surface area contributed by atoms with Crippen LogP contribution < -0.4 is 14.4 Å². The number of hydrogen-bond acceptors (Lipinski definition) is 5. The summed E-state index contributed by atoms with van der Waals surface area (Å²) in [6.45, 7) is 6.30. The molecule has 2 aromatic carbocycles. The van der Waals surface area contributed by atoms with Crippen molar-refractivity contribution in [2.75, 3.05) is 24.2 Å². The highest BCUT2D eigenvalue weighted by Crippen LogP contribution is 2.23. The number of ether oxygens (including phenoxy) is 1. The molecule has 1 N–H and O–H groups in total. The van der Waals surface area contributed by atoms with Gasteiger partial charge in [-0.15, -0.1) is 0 Å². The van der Waals surface area contributed by atoms with Gasteiger partial charge in [-0.1, -0.05) is 38.0 Å². The molecule has 0 radical (unpaired) electrons.